The number of fused-ring (bicyclic) bond motifs is 1. The highest BCUT2D eigenvalue weighted by molar-refractivity contribution is 5.39. The van der Waals surface area contributed by atoms with Crippen LogP contribution in [0.4, 0.5) is 13.2 Å². The Hall–Kier alpha value is -1.89. The Morgan fingerprint density at radius 1 is 1.33 bits per heavy atom. The summed E-state index contributed by atoms with van der Waals surface area (Å²) >= 11 is 0. The van der Waals surface area contributed by atoms with Gasteiger partial charge in [-0.2, -0.15) is 18.3 Å². The van der Waals surface area contributed by atoms with Crippen molar-refractivity contribution < 1.29 is 13.2 Å². The molecule has 2 aromatic rings. The molecule has 2 aromatic heterocycles. The quantitative estimate of drug-likeness (QED) is 0.927. The molecule has 0 radical (unpaired) electrons. The molecule has 2 heterocycles. The van der Waals surface area contributed by atoms with Crippen LogP contribution in [0.15, 0.2) is 24.4 Å². The Balaban J connectivity index is 2.22. The third-order valence-electron chi connectivity index (χ3n) is 3.82. The van der Waals surface area contributed by atoms with Crippen molar-refractivity contribution in [1.82, 2.24) is 14.8 Å². The molecule has 0 spiro atoms. The second-order valence-corrected chi connectivity index (χ2v) is 5.13. The van der Waals surface area contributed by atoms with Crippen molar-refractivity contribution in [2.45, 2.75) is 31.4 Å². The van der Waals surface area contributed by atoms with Crippen molar-refractivity contribution in [3.63, 3.8) is 0 Å². The number of rotatable bonds is 2. The zero-order chi connectivity index (χ0) is 15.0. The van der Waals surface area contributed by atoms with Crippen LogP contribution in [0.3, 0.4) is 0 Å². The molecule has 1 aliphatic carbocycles. The average Bonchev–Trinajstić information content (AvgIpc) is 2.88. The van der Waals surface area contributed by atoms with Crippen molar-refractivity contribution in [1.29, 1.82) is 0 Å². The van der Waals surface area contributed by atoms with E-state index >= 15 is 0 Å². The minimum absolute atomic E-state index is 0.198. The molecule has 0 aliphatic heterocycles. The smallest absolute Gasteiger partial charge is 0.330 e. The van der Waals surface area contributed by atoms with Crippen LogP contribution in [-0.4, -0.2) is 21.3 Å². The third-order valence-corrected chi connectivity index (χ3v) is 3.82. The van der Waals surface area contributed by atoms with Gasteiger partial charge >= 0.3 is 6.18 Å². The summed E-state index contributed by atoms with van der Waals surface area (Å²) in [5, 5.41) is 3.81. The largest absolute Gasteiger partial charge is 0.435 e. The summed E-state index contributed by atoms with van der Waals surface area (Å²) in [5.74, 6) is 0.116. The molecule has 0 aromatic carbocycles. The summed E-state index contributed by atoms with van der Waals surface area (Å²) < 4.78 is 41.2. The predicted octanol–water partition coefficient (Wildman–Crippen LogP) is 2.66. The van der Waals surface area contributed by atoms with E-state index in [2.05, 4.69) is 10.1 Å². The summed E-state index contributed by atoms with van der Waals surface area (Å²) in [6.07, 6.45) is -0.897. The second kappa shape index (κ2) is 5.14. The molecule has 1 unspecified atom stereocenters. The predicted molar refractivity (Wildman–Crippen MR) is 71.1 cm³/mol. The van der Waals surface area contributed by atoms with Crippen molar-refractivity contribution in [2.24, 2.45) is 5.73 Å². The van der Waals surface area contributed by atoms with Gasteiger partial charge in [-0.15, -0.1) is 0 Å². The van der Waals surface area contributed by atoms with Crippen LogP contribution in [-0.2, 0) is 12.6 Å². The lowest BCUT2D eigenvalue weighted by molar-refractivity contribution is -0.142. The molecule has 112 valence electrons. The SMILES string of the molecule is NCC1CCCc2c1c(C(F)(F)F)nn2-c1ccccn1. The molecule has 4 nitrogen and oxygen atoms in total. The van der Waals surface area contributed by atoms with E-state index in [0.717, 1.165) is 6.42 Å². The first-order valence-electron chi connectivity index (χ1n) is 6.83. The molecule has 21 heavy (non-hydrogen) atoms. The standard InChI is InChI=1S/C14H15F3N4/c15-14(16,17)13-12-9(8-18)4-3-5-10(12)21(20-13)11-6-1-2-7-19-11/h1-2,6-7,9H,3-5,8,18H2. The van der Waals surface area contributed by atoms with Gasteiger partial charge in [0.2, 0.25) is 0 Å². The summed E-state index contributed by atoms with van der Waals surface area (Å²) in [5.41, 5.74) is 5.67. The minimum Gasteiger partial charge on any atom is -0.330 e. The lowest BCUT2D eigenvalue weighted by Crippen LogP contribution is -2.21. The molecule has 0 amide bonds. The van der Waals surface area contributed by atoms with E-state index in [1.807, 2.05) is 0 Å². The lowest BCUT2D eigenvalue weighted by Gasteiger charge is -2.23. The van der Waals surface area contributed by atoms with Crippen molar-refractivity contribution in [3.05, 3.63) is 41.3 Å². The molecule has 3 rings (SSSR count). The maximum Gasteiger partial charge on any atom is 0.435 e. The third kappa shape index (κ3) is 2.42. The van der Waals surface area contributed by atoms with Crippen LogP contribution in [0.1, 0.15) is 35.7 Å². The van der Waals surface area contributed by atoms with Crippen LogP contribution in [0.5, 0.6) is 0 Å². The molecule has 0 saturated carbocycles. The Labute approximate surface area is 119 Å². The van der Waals surface area contributed by atoms with E-state index < -0.39 is 11.9 Å². The van der Waals surface area contributed by atoms with Gasteiger partial charge in [0.15, 0.2) is 11.5 Å². The van der Waals surface area contributed by atoms with Gasteiger partial charge in [-0.25, -0.2) is 9.67 Å². The molecule has 1 atom stereocenters. The van der Waals surface area contributed by atoms with E-state index in [1.165, 1.54) is 4.68 Å². The Bertz CT molecular complexity index is 634. The number of nitrogens with zero attached hydrogens (tertiary/aromatic N) is 3. The summed E-state index contributed by atoms with van der Waals surface area (Å²) in [6, 6.07) is 5.10. The number of hydrogen-bond donors (Lipinski definition) is 1. The molecule has 2 N–H and O–H groups in total. The topological polar surface area (TPSA) is 56.7 Å². The monoisotopic (exact) mass is 296 g/mol. The van der Waals surface area contributed by atoms with Gasteiger partial charge < -0.3 is 5.73 Å². The first-order chi connectivity index (χ1) is 10.0. The number of alkyl halides is 3. The number of nitrogens with two attached hydrogens (primary N) is 1. The molecular formula is C14H15F3N4. The number of pyridine rings is 1. The summed E-state index contributed by atoms with van der Waals surface area (Å²) in [6.45, 7) is 0.198. The molecule has 1 aliphatic rings. The summed E-state index contributed by atoms with van der Waals surface area (Å²) in [7, 11) is 0. The van der Waals surface area contributed by atoms with E-state index in [4.69, 9.17) is 5.73 Å². The molecule has 0 saturated heterocycles. The lowest BCUT2D eigenvalue weighted by atomic mass is 9.85. The van der Waals surface area contributed by atoms with Crippen LogP contribution >= 0.6 is 0 Å². The average molecular weight is 296 g/mol. The highest BCUT2D eigenvalue weighted by Crippen LogP contribution is 2.41. The molecule has 0 bridgehead atoms. The maximum absolute atomic E-state index is 13.3. The fourth-order valence-corrected chi connectivity index (χ4v) is 2.91. The maximum atomic E-state index is 13.3. The fraction of sp³-hybridized carbons (Fsp3) is 0.429. The second-order valence-electron chi connectivity index (χ2n) is 5.13. The van der Waals surface area contributed by atoms with E-state index in [9.17, 15) is 13.2 Å². The highest BCUT2D eigenvalue weighted by Gasteiger charge is 2.42. The van der Waals surface area contributed by atoms with Crippen LogP contribution in [0.25, 0.3) is 5.82 Å². The zero-order valence-corrected chi connectivity index (χ0v) is 11.3. The zero-order valence-electron chi connectivity index (χ0n) is 11.3. The first-order valence-corrected chi connectivity index (χ1v) is 6.83. The van der Waals surface area contributed by atoms with E-state index in [0.29, 0.717) is 24.4 Å². The van der Waals surface area contributed by atoms with Crippen LogP contribution in [0.2, 0.25) is 0 Å². The summed E-state index contributed by atoms with van der Waals surface area (Å²) in [4.78, 5) is 4.11. The molecule has 0 fully saturated rings. The van der Waals surface area contributed by atoms with Crippen LogP contribution < -0.4 is 5.73 Å². The normalized spacial score (nSPS) is 18.6. The van der Waals surface area contributed by atoms with Gasteiger partial charge in [0.1, 0.15) is 0 Å². The first kappa shape index (κ1) is 14.1. The van der Waals surface area contributed by atoms with Gasteiger partial charge in [0.05, 0.1) is 5.69 Å². The number of aromatic nitrogens is 3. The van der Waals surface area contributed by atoms with Crippen molar-refractivity contribution in [2.75, 3.05) is 6.54 Å². The Morgan fingerprint density at radius 2 is 2.14 bits per heavy atom. The van der Waals surface area contributed by atoms with Crippen molar-refractivity contribution in [3.8, 4) is 5.82 Å². The minimum atomic E-state index is -4.48. The van der Waals surface area contributed by atoms with Crippen molar-refractivity contribution >= 4 is 0 Å². The highest BCUT2D eigenvalue weighted by atomic mass is 19.4. The van der Waals surface area contributed by atoms with Gasteiger partial charge in [-0.3, -0.25) is 0 Å². The van der Waals surface area contributed by atoms with E-state index in [-0.39, 0.29) is 18.0 Å². The Kier molecular flexibility index (Phi) is 3.44. The Morgan fingerprint density at radius 3 is 2.76 bits per heavy atom. The van der Waals surface area contributed by atoms with Gasteiger partial charge in [0.25, 0.3) is 0 Å². The van der Waals surface area contributed by atoms with Gasteiger partial charge in [0, 0.05) is 17.7 Å². The number of hydrogen-bond acceptors (Lipinski definition) is 3. The van der Waals surface area contributed by atoms with E-state index in [1.54, 1.807) is 24.4 Å². The van der Waals surface area contributed by atoms with Gasteiger partial charge in [-0.1, -0.05) is 6.07 Å². The molecular weight excluding hydrogens is 281 g/mol. The fourth-order valence-electron chi connectivity index (χ4n) is 2.91. The number of halogens is 3. The molecule has 7 heteroatoms. The van der Waals surface area contributed by atoms with Crippen LogP contribution in [0, 0.1) is 0 Å². The van der Waals surface area contributed by atoms with Gasteiger partial charge in [-0.05, 0) is 37.9 Å².